The number of likely N-dealkylation sites (tertiary alicyclic amines) is 1. The van der Waals surface area contributed by atoms with E-state index < -0.39 is 17.7 Å². The summed E-state index contributed by atoms with van der Waals surface area (Å²) in [5.41, 5.74) is 2.40. The maximum absolute atomic E-state index is 12.9. The van der Waals surface area contributed by atoms with Gasteiger partial charge in [-0.2, -0.15) is 0 Å². The number of ketones is 1. The Hall–Kier alpha value is -3.67. The Morgan fingerprint density at radius 1 is 1.10 bits per heavy atom. The number of benzene rings is 1. The summed E-state index contributed by atoms with van der Waals surface area (Å²) >= 11 is 0. The highest BCUT2D eigenvalue weighted by atomic mass is 16.3. The molecule has 3 aromatic rings. The van der Waals surface area contributed by atoms with Gasteiger partial charge in [-0.15, -0.1) is 0 Å². The van der Waals surface area contributed by atoms with Crippen molar-refractivity contribution in [3.63, 3.8) is 0 Å². The molecule has 0 bridgehead atoms. The zero-order valence-corrected chi connectivity index (χ0v) is 15.9. The van der Waals surface area contributed by atoms with E-state index in [9.17, 15) is 14.7 Å². The Labute approximate surface area is 168 Å². The van der Waals surface area contributed by atoms with Crippen molar-refractivity contribution in [2.75, 3.05) is 0 Å². The number of hydrogen-bond donors (Lipinski definition) is 1. The van der Waals surface area contributed by atoms with Crippen molar-refractivity contribution in [3.05, 3.63) is 95.2 Å². The fourth-order valence-corrected chi connectivity index (χ4v) is 3.56. The number of aryl methyl sites for hydroxylation is 1. The molecule has 1 fully saturated rings. The van der Waals surface area contributed by atoms with Gasteiger partial charge in [0.05, 0.1) is 24.4 Å². The molecule has 1 aromatic carbocycles. The summed E-state index contributed by atoms with van der Waals surface area (Å²) in [6.07, 6.45) is 5.45. The van der Waals surface area contributed by atoms with Crippen LogP contribution in [0.1, 0.15) is 35.4 Å². The van der Waals surface area contributed by atoms with Crippen LogP contribution in [0.2, 0.25) is 0 Å². The molecular weight excluding hydrogens is 368 g/mol. The number of aliphatic hydroxyl groups excluding tert-OH is 1. The van der Waals surface area contributed by atoms with Gasteiger partial charge in [0.15, 0.2) is 0 Å². The molecular formula is C23H20N2O4. The maximum atomic E-state index is 12.9. The van der Waals surface area contributed by atoms with Crippen molar-refractivity contribution in [2.24, 2.45) is 0 Å². The SMILES string of the molecule is CCc1ccc(C2C(=C(O)c3ccncc3)C(=O)C(=O)N2Cc2ccco2)cc1. The van der Waals surface area contributed by atoms with Crippen molar-refractivity contribution in [2.45, 2.75) is 25.9 Å². The molecule has 0 saturated carbocycles. The van der Waals surface area contributed by atoms with Gasteiger partial charge in [-0.05, 0) is 41.8 Å². The first-order valence-electron chi connectivity index (χ1n) is 9.40. The lowest BCUT2D eigenvalue weighted by Crippen LogP contribution is -2.29. The molecule has 29 heavy (non-hydrogen) atoms. The fraction of sp³-hybridized carbons (Fsp3) is 0.174. The van der Waals surface area contributed by atoms with Crippen molar-refractivity contribution in [3.8, 4) is 0 Å². The number of hydrogen-bond acceptors (Lipinski definition) is 5. The zero-order chi connectivity index (χ0) is 20.4. The molecule has 1 aliphatic rings. The largest absolute Gasteiger partial charge is 0.507 e. The topological polar surface area (TPSA) is 83.6 Å². The van der Waals surface area contributed by atoms with Crippen LogP contribution in [0.4, 0.5) is 0 Å². The molecule has 1 unspecified atom stereocenters. The second-order valence-electron chi connectivity index (χ2n) is 6.84. The highest BCUT2D eigenvalue weighted by Crippen LogP contribution is 2.40. The van der Waals surface area contributed by atoms with E-state index in [0.717, 1.165) is 17.5 Å². The Balaban J connectivity index is 1.85. The van der Waals surface area contributed by atoms with E-state index in [0.29, 0.717) is 11.3 Å². The van der Waals surface area contributed by atoms with E-state index in [1.165, 1.54) is 23.6 Å². The summed E-state index contributed by atoms with van der Waals surface area (Å²) in [7, 11) is 0. The third-order valence-corrected chi connectivity index (χ3v) is 5.10. The van der Waals surface area contributed by atoms with Gasteiger partial charge < -0.3 is 14.4 Å². The molecule has 0 spiro atoms. The van der Waals surface area contributed by atoms with Crippen LogP contribution in [0.5, 0.6) is 0 Å². The van der Waals surface area contributed by atoms with Gasteiger partial charge in [0.2, 0.25) is 0 Å². The molecule has 146 valence electrons. The summed E-state index contributed by atoms with van der Waals surface area (Å²) in [6, 6.07) is 13.7. The van der Waals surface area contributed by atoms with Crippen LogP contribution in [0.3, 0.4) is 0 Å². The monoisotopic (exact) mass is 388 g/mol. The van der Waals surface area contributed by atoms with E-state index in [1.54, 1.807) is 24.3 Å². The number of furan rings is 1. The third-order valence-electron chi connectivity index (χ3n) is 5.10. The number of nitrogens with zero attached hydrogens (tertiary/aromatic N) is 2. The quantitative estimate of drug-likeness (QED) is 0.408. The van der Waals surface area contributed by atoms with Gasteiger partial charge in [-0.25, -0.2) is 0 Å². The number of aromatic nitrogens is 1. The van der Waals surface area contributed by atoms with E-state index >= 15 is 0 Å². The molecule has 1 N–H and O–H groups in total. The third kappa shape index (κ3) is 3.45. The fourth-order valence-electron chi connectivity index (χ4n) is 3.56. The van der Waals surface area contributed by atoms with Crippen molar-refractivity contribution in [1.82, 2.24) is 9.88 Å². The lowest BCUT2D eigenvalue weighted by atomic mass is 9.94. The predicted octanol–water partition coefficient (Wildman–Crippen LogP) is 3.86. The van der Waals surface area contributed by atoms with Crippen molar-refractivity contribution < 1.29 is 19.1 Å². The summed E-state index contributed by atoms with van der Waals surface area (Å²) in [6.45, 7) is 2.19. The number of carbonyl (C=O) groups excluding carboxylic acids is 2. The number of rotatable bonds is 5. The summed E-state index contributed by atoms with van der Waals surface area (Å²) < 4.78 is 5.39. The van der Waals surface area contributed by atoms with Gasteiger partial charge in [0.25, 0.3) is 11.7 Å². The molecule has 1 atom stereocenters. The normalized spacial score (nSPS) is 18.4. The Morgan fingerprint density at radius 2 is 1.83 bits per heavy atom. The second kappa shape index (κ2) is 7.75. The molecule has 3 heterocycles. The highest BCUT2D eigenvalue weighted by Gasteiger charge is 2.46. The predicted molar refractivity (Wildman–Crippen MR) is 107 cm³/mol. The molecule has 0 aliphatic carbocycles. The first-order chi connectivity index (χ1) is 14.1. The number of pyridine rings is 1. The van der Waals surface area contributed by atoms with E-state index in [2.05, 4.69) is 11.9 Å². The van der Waals surface area contributed by atoms with Crippen LogP contribution in [0.25, 0.3) is 5.76 Å². The van der Waals surface area contributed by atoms with Crippen molar-refractivity contribution >= 4 is 17.4 Å². The molecule has 2 aromatic heterocycles. The van der Waals surface area contributed by atoms with E-state index in [-0.39, 0.29) is 17.9 Å². The van der Waals surface area contributed by atoms with Crippen LogP contribution < -0.4 is 0 Å². The first kappa shape index (κ1) is 18.7. The molecule has 6 nitrogen and oxygen atoms in total. The van der Waals surface area contributed by atoms with Crippen LogP contribution in [0.15, 0.2) is 77.2 Å². The number of carbonyl (C=O) groups is 2. The smallest absolute Gasteiger partial charge is 0.296 e. The lowest BCUT2D eigenvalue weighted by Gasteiger charge is -2.24. The highest BCUT2D eigenvalue weighted by molar-refractivity contribution is 6.46. The number of Topliss-reactive ketones (excluding diaryl/α,β-unsaturated/α-hetero) is 1. The molecule has 6 heteroatoms. The van der Waals surface area contributed by atoms with Crippen LogP contribution in [-0.2, 0) is 22.6 Å². The molecule has 0 radical (unpaired) electrons. The van der Waals surface area contributed by atoms with Gasteiger partial charge in [0.1, 0.15) is 11.5 Å². The second-order valence-corrected chi connectivity index (χ2v) is 6.84. The van der Waals surface area contributed by atoms with Crippen molar-refractivity contribution in [1.29, 1.82) is 0 Å². The zero-order valence-electron chi connectivity index (χ0n) is 15.9. The van der Waals surface area contributed by atoms with E-state index in [4.69, 9.17) is 4.42 Å². The molecule has 1 amide bonds. The first-order valence-corrected chi connectivity index (χ1v) is 9.40. The minimum atomic E-state index is -0.713. The standard InChI is InChI=1S/C23H20N2O4/c1-2-15-5-7-16(8-6-15)20-19(21(26)17-9-11-24-12-10-17)22(27)23(28)25(20)14-18-4-3-13-29-18/h3-13,20,26H,2,14H2,1H3. The summed E-state index contributed by atoms with van der Waals surface area (Å²) in [5, 5.41) is 10.9. The van der Waals surface area contributed by atoms with Crippen LogP contribution in [0, 0.1) is 0 Å². The van der Waals surface area contributed by atoms with Crippen LogP contribution in [-0.4, -0.2) is 26.7 Å². The van der Waals surface area contributed by atoms with Gasteiger partial charge in [-0.1, -0.05) is 31.2 Å². The van der Waals surface area contributed by atoms with Gasteiger partial charge in [-0.3, -0.25) is 14.6 Å². The Morgan fingerprint density at radius 3 is 2.45 bits per heavy atom. The van der Waals surface area contributed by atoms with Gasteiger partial charge >= 0.3 is 0 Å². The average molecular weight is 388 g/mol. The van der Waals surface area contributed by atoms with Crippen LogP contribution >= 0.6 is 0 Å². The number of amides is 1. The summed E-state index contributed by atoms with van der Waals surface area (Å²) in [4.78, 5) is 31.2. The van der Waals surface area contributed by atoms with E-state index in [1.807, 2.05) is 24.3 Å². The number of aliphatic hydroxyl groups is 1. The molecule has 4 rings (SSSR count). The maximum Gasteiger partial charge on any atom is 0.296 e. The lowest BCUT2D eigenvalue weighted by molar-refractivity contribution is -0.140. The molecule has 1 aliphatic heterocycles. The molecule has 1 saturated heterocycles. The van der Waals surface area contributed by atoms with Gasteiger partial charge in [0, 0.05) is 18.0 Å². The minimum absolute atomic E-state index is 0.0667. The summed E-state index contributed by atoms with van der Waals surface area (Å²) in [5.74, 6) is -1.03. The minimum Gasteiger partial charge on any atom is -0.507 e. The Bertz CT molecular complexity index is 1050. The Kier molecular flexibility index (Phi) is 4.99. The average Bonchev–Trinajstić information content (AvgIpc) is 3.36.